The molecule has 9 heteroatoms. The van der Waals surface area contributed by atoms with Crippen molar-refractivity contribution in [2.45, 2.75) is 19.0 Å². The Morgan fingerprint density at radius 3 is 2.00 bits per heavy atom. The second-order valence-electron chi connectivity index (χ2n) is 3.06. The molecule has 0 radical (unpaired) electrons. The molecular formula is C8H11F3N2O4. The third-order valence-corrected chi connectivity index (χ3v) is 1.52. The largest absolute Gasteiger partial charge is 0.480 e. The van der Waals surface area contributed by atoms with Crippen LogP contribution in [0.4, 0.5) is 13.2 Å². The van der Waals surface area contributed by atoms with Crippen LogP contribution in [0, 0.1) is 0 Å². The summed E-state index contributed by atoms with van der Waals surface area (Å²) in [5, 5.41) is 12.1. The van der Waals surface area contributed by atoms with Crippen LogP contribution < -0.4 is 10.6 Å². The van der Waals surface area contributed by atoms with Gasteiger partial charge < -0.3 is 15.7 Å². The number of carboxylic acid groups (broad SMARTS) is 1. The summed E-state index contributed by atoms with van der Waals surface area (Å²) in [4.78, 5) is 31.7. The highest BCUT2D eigenvalue weighted by Crippen LogP contribution is 2.20. The van der Waals surface area contributed by atoms with E-state index in [9.17, 15) is 27.6 Å². The van der Waals surface area contributed by atoms with E-state index in [4.69, 9.17) is 5.11 Å². The fourth-order valence-electron chi connectivity index (χ4n) is 0.759. The van der Waals surface area contributed by atoms with Crippen molar-refractivity contribution in [3.8, 4) is 0 Å². The molecule has 98 valence electrons. The van der Waals surface area contributed by atoms with Crippen LogP contribution in [-0.4, -0.2) is 42.2 Å². The van der Waals surface area contributed by atoms with Gasteiger partial charge in [-0.05, 0) is 0 Å². The molecule has 0 aliphatic heterocycles. The van der Waals surface area contributed by atoms with E-state index in [1.165, 1.54) is 0 Å². The van der Waals surface area contributed by atoms with Crippen molar-refractivity contribution in [2.24, 2.45) is 0 Å². The highest BCUT2D eigenvalue weighted by molar-refractivity contribution is 5.86. The standard InChI is InChI=1S/C8H11F3N2O4/c9-8(10,11)2-1-5(14)12-3-6(15)13-4-7(16)17/h1-4H2,(H,12,14)(H,13,15)(H,16,17). The lowest BCUT2D eigenvalue weighted by molar-refractivity contribution is -0.144. The Hall–Kier alpha value is -1.80. The second-order valence-corrected chi connectivity index (χ2v) is 3.06. The molecule has 0 aromatic rings. The summed E-state index contributed by atoms with van der Waals surface area (Å²) in [7, 11) is 0. The normalized spacial score (nSPS) is 10.8. The molecule has 3 N–H and O–H groups in total. The smallest absolute Gasteiger partial charge is 0.389 e. The summed E-state index contributed by atoms with van der Waals surface area (Å²) >= 11 is 0. The summed E-state index contributed by atoms with van der Waals surface area (Å²) in [5.74, 6) is -2.97. The second kappa shape index (κ2) is 6.71. The van der Waals surface area contributed by atoms with E-state index in [2.05, 4.69) is 0 Å². The summed E-state index contributed by atoms with van der Waals surface area (Å²) < 4.78 is 35.1. The number of nitrogens with one attached hydrogen (secondary N) is 2. The molecule has 0 aromatic heterocycles. The predicted molar refractivity (Wildman–Crippen MR) is 48.9 cm³/mol. The van der Waals surface area contributed by atoms with Gasteiger partial charge in [0, 0.05) is 6.42 Å². The lowest BCUT2D eigenvalue weighted by Crippen LogP contribution is -2.39. The van der Waals surface area contributed by atoms with Crippen LogP contribution in [0.15, 0.2) is 0 Å². The molecule has 0 saturated heterocycles. The zero-order valence-corrected chi connectivity index (χ0v) is 8.63. The predicted octanol–water partition coefficient (Wildman–Crippen LogP) is -0.354. The maximum Gasteiger partial charge on any atom is 0.389 e. The first-order valence-corrected chi connectivity index (χ1v) is 4.52. The third-order valence-electron chi connectivity index (χ3n) is 1.52. The van der Waals surface area contributed by atoms with Crippen LogP contribution in [0.25, 0.3) is 0 Å². The minimum atomic E-state index is -4.43. The molecular weight excluding hydrogens is 245 g/mol. The van der Waals surface area contributed by atoms with Crippen LogP contribution in [0.5, 0.6) is 0 Å². The minimum absolute atomic E-state index is 0.552. The van der Waals surface area contributed by atoms with Crippen LogP contribution in [0.1, 0.15) is 12.8 Å². The molecule has 17 heavy (non-hydrogen) atoms. The Balaban J connectivity index is 3.70. The summed E-state index contributed by atoms with van der Waals surface area (Å²) in [6.45, 7) is -1.17. The average Bonchev–Trinajstić information content (AvgIpc) is 2.19. The topological polar surface area (TPSA) is 95.5 Å². The number of amides is 2. The minimum Gasteiger partial charge on any atom is -0.480 e. The zero-order chi connectivity index (χ0) is 13.5. The molecule has 0 aliphatic carbocycles. The first-order valence-electron chi connectivity index (χ1n) is 4.52. The molecule has 2 amide bonds. The molecule has 0 bridgehead atoms. The lowest BCUT2D eigenvalue weighted by atomic mass is 10.3. The highest BCUT2D eigenvalue weighted by atomic mass is 19.4. The van der Waals surface area contributed by atoms with Crippen LogP contribution in [-0.2, 0) is 14.4 Å². The Morgan fingerprint density at radius 2 is 1.53 bits per heavy atom. The van der Waals surface area contributed by atoms with E-state index < -0.39 is 49.9 Å². The molecule has 0 aliphatic rings. The zero-order valence-electron chi connectivity index (χ0n) is 8.63. The van der Waals surface area contributed by atoms with Crippen molar-refractivity contribution >= 4 is 17.8 Å². The van der Waals surface area contributed by atoms with Gasteiger partial charge in [-0.2, -0.15) is 13.2 Å². The molecule has 6 nitrogen and oxygen atoms in total. The molecule has 0 spiro atoms. The van der Waals surface area contributed by atoms with Gasteiger partial charge >= 0.3 is 12.1 Å². The molecule has 0 heterocycles. The van der Waals surface area contributed by atoms with Gasteiger partial charge in [0.1, 0.15) is 6.54 Å². The van der Waals surface area contributed by atoms with Crippen molar-refractivity contribution in [3.05, 3.63) is 0 Å². The van der Waals surface area contributed by atoms with E-state index in [-0.39, 0.29) is 0 Å². The molecule has 0 fully saturated rings. The van der Waals surface area contributed by atoms with Gasteiger partial charge in [-0.25, -0.2) is 0 Å². The van der Waals surface area contributed by atoms with E-state index in [0.29, 0.717) is 0 Å². The van der Waals surface area contributed by atoms with Gasteiger partial charge in [0.25, 0.3) is 0 Å². The number of aliphatic carboxylic acids is 1. The number of carboxylic acids is 1. The number of hydrogen-bond donors (Lipinski definition) is 3. The maximum absolute atomic E-state index is 11.7. The Kier molecular flexibility index (Phi) is 6.00. The lowest BCUT2D eigenvalue weighted by Gasteiger charge is -2.07. The van der Waals surface area contributed by atoms with Gasteiger partial charge in [-0.15, -0.1) is 0 Å². The molecule has 0 saturated carbocycles. The van der Waals surface area contributed by atoms with Gasteiger partial charge in [0.2, 0.25) is 11.8 Å². The molecule has 0 aromatic carbocycles. The van der Waals surface area contributed by atoms with Crippen molar-refractivity contribution in [1.82, 2.24) is 10.6 Å². The SMILES string of the molecule is O=C(O)CNC(=O)CNC(=O)CCC(F)(F)F. The number of carbonyl (C=O) groups excluding carboxylic acids is 2. The Morgan fingerprint density at radius 1 is 1.00 bits per heavy atom. The van der Waals surface area contributed by atoms with Gasteiger partial charge in [-0.3, -0.25) is 14.4 Å². The third kappa shape index (κ3) is 10.5. The van der Waals surface area contributed by atoms with Crippen LogP contribution in [0.3, 0.4) is 0 Å². The van der Waals surface area contributed by atoms with Crippen molar-refractivity contribution in [2.75, 3.05) is 13.1 Å². The first kappa shape index (κ1) is 15.2. The number of alkyl halides is 3. The molecule has 0 rings (SSSR count). The Bertz CT molecular complexity index is 304. The fraction of sp³-hybridized carbons (Fsp3) is 0.625. The van der Waals surface area contributed by atoms with Crippen LogP contribution in [0.2, 0.25) is 0 Å². The van der Waals surface area contributed by atoms with Crippen LogP contribution >= 0.6 is 0 Å². The number of halogens is 3. The van der Waals surface area contributed by atoms with Crippen molar-refractivity contribution in [3.63, 3.8) is 0 Å². The monoisotopic (exact) mass is 256 g/mol. The Labute approximate surface area is 94.2 Å². The van der Waals surface area contributed by atoms with Gasteiger partial charge in [-0.1, -0.05) is 0 Å². The van der Waals surface area contributed by atoms with Crippen molar-refractivity contribution in [1.29, 1.82) is 0 Å². The van der Waals surface area contributed by atoms with E-state index >= 15 is 0 Å². The van der Waals surface area contributed by atoms with E-state index in [1.54, 1.807) is 0 Å². The van der Waals surface area contributed by atoms with Crippen molar-refractivity contribution < 1.29 is 32.7 Å². The van der Waals surface area contributed by atoms with E-state index in [1.807, 2.05) is 10.6 Å². The molecule has 0 atom stereocenters. The highest BCUT2D eigenvalue weighted by Gasteiger charge is 2.27. The fourth-order valence-corrected chi connectivity index (χ4v) is 0.759. The number of carbonyl (C=O) groups is 3. The van der Waals surface area contributed by atoms with Gasteiger partial charge in [0.15, 0.2) is 0 Å². The first-order chi connectivity index (χ1) is 7.70. The summed E-state index contributed by atoms with van der Waals surface area (Å²) in [5.41, 5.74) is 0. The quantitative estimate of drug-likeness (QED) is 0.605. The van der Waals surface area contributed by atoms with Gasteiger partial charge in [0.05, 0.1) is 13.0 Å². The maximum atomic E-state index is 11.7. The average molecular weight is 256 g/mol. The summed E-state index contributed by atoms with van der Waals surface area (Å²) in [6.07, 6.45) is -6.46. The van der Waals surface area contributed by atoms with E-state index in [0.717, 1.165) is 0 Å². The summed E-state index contributed by atoms with van der Waals surface area (Å²) in [6, 6.07) is 0. The number of rotatable bonds is 6. The number of hydrogen-bond acceptors (Lipinski definition) is 3. The molecule has 0 unspecified atom stereocenters.